The summed E-state index contributed by atoms with van der Waals surface area (Å²) in [6.07, 6.45) is -4.61. The number of nitrogens with one attached hydrogen (secondary N) is 2. The second-order valence-electron chi connectivity index (χ2n) is 8.44. The van der Waals surface area contributed by atoms with E-state index in [1.54, 1.807) is 36.1 Å². The Labute approximate surface area is 211 Å². The van der Waals surface area contributed by atoms with Crippen molar-refractivity contribution in [3.05, 3.63) is 70.9 Å². The summed E-state index contributed by atoms with van der Waals surface area (Å²) in [4.78, 5) is 28.0. The third kappa shape index (κ3) is 5.21. The van der Waals surface area contributed by atoms with Crippen LogP contribution in [0, 0.1) is 0 Å². The fourth-order valence-corrected chi connectivity index (χ4v) is 4.72. The van der Waals surface area contributed by atoms with Gasteiger partial charge in [0.25, 0.3) is 5.91 Å². The summed E-state index contributed by atoms with van der Waals surface area (Å²) >= 11 is 5.54. The predicted molar refractivity (Wildman–Crippen MR) is 133 cm³/mol. The number of thiocarbonyl (C=S) groups is 1. The van der Waals surface area contributed by atoms with Gasteiger partial charge in [0, 0.05) is 31.4 Å². The van der Waals surface area contributed by atoms with Crippen molar-refractivity contribution in [1.29, 1.82) is 0 Å². The highest BCUT2D eigenvalue weighted by atomic mass is 32.1. The number of morpholine rings is 1. The number of nitrogens with zero attached hydrogens (tertiary/aromatic N) is 2. The van der Waals surface area contributed by atoms with Gasteiger partial charge in [0.05, 0.1) is 36.1 Å². The van der Waals surface area contributed by atoms with Crippen LogP contribution >= 0.6 is 12.2 Å². The van der Waals surface area contributed by atoms with Crippen molar-refractivity contribution in [2.45, 2.75) is 26.1 Å². The molecule has 0 spiro atoms. The number of allylic oxidation sites excluding steroid dienone is 1. The van der Waals surface area contributed by atoms with E-state index < -0.39 is 17.8 Å². The lowest BCUT2D eigenvalue weighted by Gasteiger charge is -2.40. The van der Waals surface area contributed by atoms with E-state index in [2.05, 4.69) is 10.6 Å². The van der Waals surface area contributed by atoms with Gasteiger partial charge >= 0.3 is 6.18 Å². The first-order valence-electron chi connectivity index (χ1n) is 11.3. The highest BCUT2D eigenvalue weighted by Gasteiger charge is 2.40. The van der Waals surface area contributed by atoms with Gasteiger partial charge in [-0.1, -0.05) is 24.3 Å². The highest BCUT2D eigenvalue weighted by molar-refractivity contribution is 7.80. The van der Waals surface area contributed by atoms with Gasteiger partial charge in [-0.15, -0.1) is 0 Å². The van der Waals surface area contributed by atoms with Crippen LogP contribution in [-0.2, 0) is 20.5 Å². The van der Waals surface area contributed by atoms with Gasteiger partial charge in [-0.25, -0.2) is 0 Å². The molecule has 2 aromatic rings. The molecule has 0 radical (unpaired) electrons. The zero-order valence-electron chi connectivity index (χ0n) is 19.7. The van der Waals surface area contributed by atoms with Gasteiger partial charge in [-0.2, -0.15) is 13.2 Å². The number of anilines is 2. The minimum atomic E-state index is -4.61. The number of carbonyl (C=O) groups is 2. The number of rotatable bonds is 4. The molecule has 1 saturated heterocycles. The smallest absolute Gasteiger partial charge is 0.378 e. The molecule has 1 fully saturated rings. The zero-order valence-corrected chi connectivity index (χ0v) is 20.5. The number of amides is 2. The summed E-state index contributed by atoms with van der Waals surface area (Å²) in [7, 11) is 0. The molecule has 0 saturated carbocycles. The lowest BCUT2D eigenvalue weighted by molar-refractivity contribution is -0.137. The van der Waals surface area contributed by atoms with E-state index in [0.29, 0.717) is 43.3 Å². The van der Waals surface area contributed by atoms with Crippen molar-refractivity contribution in [3.63, 3.8) is 0 Å². The molecule has 190 valence electrons. The minimum absolute atomic E-state index is 0.0404. The summed E-state index contributed by atoms with van der Waals surface area (Å²) < 4.78 is 46.9. The normalized spacial score (nSPS) is 18.7. The summed E-state index contributed by atoms with van der Waals surface area (Å²) in [6.45, 7) is 4.49. The lowest BCUT2D eigenvalue weighted by Crippen LogP contribution is -2.51. The average Bonchev–Trinajstić information content (AvgIpc) is 2.84. The van der Waals surface area contributed by atoms with E-state index in [1.807, 2.05) is 0 Å². The topological polar surface area (TPSA) is 73.9 Å². The molecule has 0 aliphatic carbocycles. The molecular formula is C25H25F3N4O3S. The average molecular weight is 519 g/mol. The second-order valence-corrected chi connectivity index (χ2v) is 8.83. The molecule has 2 amide bonds. The zero-order chi connectivity index (χ0) is 26.0. The third-order valence-electron chi connectivity index (χ3n) is 6.03. The van der Waals surface area contributed by atoms with E-state index in [1.165, 1.54) is 30.0 Å². The van der Waals surface area contributed by atoms with Crippen LogP contribution in [0.2, 0.25) is 0 Å². The van der Waals surface area contributed by atoms with E-state index in [-0.39, 0.29) is 28.2 Å². The van der Waals surface area contributed by atoms with Gasteiger partial charge < -0.3 is 20.3 Å². The van der Waals surface area contributed by atoms with Crippen LogP contribution in [0.4, 0.5) is 24.5 Å². The molecule has 2 aliphatic heterocycles. The van der Waals surface area contributed by atoms with Crippen molar-refractivity contribution in [2.75, 3.05) is 36.5 Å². The minimum Gasteiger partial charge on any atom is -0.378 e. The van der Waals surface area contributed by atoms with Crippen molar-refractivity contribution in [2.24, 2.45) is 0 Å². The highest BCUT2D eigenvalue weighted by Crippen LogP contribution is 2.41. The molecule has 4 rings (SSSR count). The van der Waals surface area contributed by atoms with Gasteiger partial charge in [-0.05, 0) is 49.0 Å². The molecule has 11 heteroatoms. The fraction of sp³-hybridized carbons (Fsp3) is 0.320. The molecule has 0 unspecified atom stereocenters. The van der Waals surface area contributed by atoms with Gasteiger partial charge in [0.15, 0.2) is 5.11 Å². The number of ether oxygens (including phenoxy) is 1. The van der Waals surface area contributed by atoms with Crippen LogP contribution in [-0.4, -0.2) is 48.1 Å². The maximum atomic E-state index is 13.8. The molecule has 7 nitrogen and oxygen atoms in total. The van der Waals surface area contributed by atoms with Crippen LogP contribution in [0.1, 0.15) is 31.0 Å². The Balaban J connectivity index is 1.83. The van der Waals surface area contributed by atoms with Crippen LogP contribution in [0.15, 0.2) is 59.8 Å². The van der Waals surface area contributed by atoms with Crippen molar-refractivity contribution >= 4 is 40.5 Å². The Morgan fingerprint density at radius 1 is 1.08 bits per heavy atom. The number of benzene rings is 2. The Kier molecular flexibility index (Phi) is 7.32. The number of carbonyl (C=O) groups excluding carboxylic acids is 2. The molecule has 2 aliphatic rings. The van der Waals surface area contributed by atoms with Crippen molar-refractivity contribution in [1.82, 2.24) is 10.2 Å². The van der Waals surface area contributed by atoms with E-state index >= 15 is 0 Å². The van der Waals surface area contributed by atoms with Crippen molar-refractivity contribution < 1.29 is 27.5 Å². The van der Waals surface area contributed by atoms with E-state index in [9.17, 15) is 22.8 Å². The molecule has 2 heterocycles. The molecule has 0 bridgehead atoms. The van der Waals surface area contributed by atoms with Crippen LogP contribution < -0.4 is 15.5 Å². The number of alkyl halides is 3. The quantitative estimate of drug-likeness (QED) is 0.591. The number of hydrogen-bond acceptors (Lipinski definition) is 4. The summed E-state index contributed by atoms with van der Waals surface area (Å²) in [5.74, 6) is -0.533. The molecule has 0 aromatic heterocycles. The standard InChI is InChI=1S/C25H25F3N4O3S/c1-15-21(23(34)31-11-13-35-14-12-31)22(17-7-9-18(10-8-17)29-16(2)33)30-24(36)32(15)20-6-4-3-5-19(20)25(26,27)28/h3-10,22H,11-14H2,1-2H3,(H,29,33)(H,30,36)/t22-/m1/s1. The maximum Gasteiger partial charge on any atom is 0.418 e. The Bertz CT molecular complexity index is 1210. The van der Waals surface area contributed by atoms with Crippen molar-refractivity contribution in [3.8, 4) is 0 Å². The maximum absolute atomic E-state index is 13.8. The molecule has 36 heavy (non-hydrogen) atoms. The number of halogens is 3. The SMILES string of the molecule is CC(=O)Nc1ccc([C@H]2NC(=S)N(c3ccccc3C(F)(F)F)C(C)=C2C(=O)N2CCOCC2)cc1. The van der Waals surface area contributed by atoms with Crippen LogP contribution in [0.25, 0.3) is 0 Å². The number of hydrogen-bond donors (Lipinski definition) is 2. The summed E-state index contributed by atoms with van der Waals surface area (Å²) in [5.41, 5.74) is 0.826. The molecular weight excluding hydrogens is 493 g/mol. The molecule has 1 atom stereocenters. The Morgan fingerprint density at radius 2 is 1.72 bits per heavy atom. The monoisotopic (exact) mass is 518 g/mol. The molecule has 2 N–H and O–H groups in total. The van der Waals surface area contributed by atoms with E-state index in [4.69, 9.17) is 17.0 Å². The Hall–Kier alpha value is -3.44. The van der Waals surface area contributed by atoms with E-state index in [0.717, 1.165) is 6.07 Å². The predicted octanol–water partition coefficient (Wildman–Crippen LogP) is 4.23. The third-order valence-corrected chi connectivity index (χ3v) is 6.33. The first-order chi connectivity index (χ1) is 17.1. The number of para-hydroxylation sites is 1. The first kappa shape index (κ1) is 25.6. The first-order valence-corrected chi connectivity index (χ1v) is 11.7. The summed E-state index contributed by atoms with van der Waals surface area (Å²) in [6, 6.07) is 11.3. The summed E-state index contributed by atoms with van der Waals surface area (Å²) in [5, 5.41) is 5.81. The van der Waals surface area contributed by atoms with Gasteiger partial charge in [-0.3, -0.25) is 14.5 Å². The fourth-order valence-electron chi connectivity index (χ4n) is 4.37. The molecule has 2 aromatic carbocycles. The van der Waals surface area contributed by atoms with Gasteiger partial charge in [0.2, 0.25) is 5.91 Å². The Morgan fingerprint density at radius 3 is 2.33 bits per heavy atom. The van der Waals surface area contributed by atoms with Crippen LogP contribution in [0.3, 0.4) is 0 Å². The second kappa shape index (κ2) is 10.3. The van der Waals surface area contributed by atoms with Gasteiger partial charge in [0.1, 0.15) is 0 Å². The lowest BCUT2D eigenvalue weighted by atomic mass is 9.93. The van der Waals surface area contributed by atoms with Crippen LogP contribution in [0.5, 0.6) is 0 Å². The largest absolute Gasteiger partial charge is 0.418 e.